The fourth-order valence-corrected chi connectivity index (χ4v) is 2.81. The van der Waals surface area contributed by atoms with Gasteiger partial charge in [0.05, 0.1) is 3.79 Å². The fraction of sp³-hybridized carbons (Fsp3) is 0.167. The minimum absolute atomic E-state index is 0.598. The second-order valence-electron chi connectivity index (χ2n) is 3.52. The molecule has 1 aromatic heterocycles. The van der Waals surface area contributed by atoms with Crippen LogP contribution in [0.4, 0.5) is 5.69 Å². The van der Waals surface area contributed by atoms with Gasteiger partial charge < -0.3 is 10.5 Å². The summed E-state index contributed by atoms with van der Waals surface area (Å²) in [6.45, 7) is 2.59. The maximum absolute atomic E-state index is 5.73. The van der Waals surface area contributed by atoms with E-state index in [0.29, 0.717) is 6.61 Å². The van der Waals surface area contributed by atoms with Crippen molar-refractivity contribution in [2.75, 3.05) is 5.73 Å². The molecule has 0 saturated carbocycles. The van der Waals surface area contributed by atoms with E-state index < -0.39 is 0 Å². The summed E-state index contributed by atoms with van der Waals surface area (Å²) < 4.78 is 6.85. The quantitative estimate of drug-likeness (QED) is 0.870. The molecule has 0 atom stereocenters. The van der Waals surface area contributed by atoms with E-state index in [9.17, 15) is 0 Å². The summed E-state index contributed by atoms with van der Waals surface area (Å²) in [7, 11) is 0. The first-order valence-corrected chi connectivity index (χ1v) is 6.49. The van der Waals surface area contributed by atoms with Gasteiger partial charge in [-0.2, -0.15) is 0 Å². The molecule has 2 aromatic rings. The molecule has 0 unspecified atom stereocenters. The number of halogens is 1. The number of nitrogens with two attached hydrogens (primary N) is 1. The van der Waals surface area contributed by atoms with Gasteiger partial charge in [-0.05, 0) is 58.7 Å². The van der Waals surface area contributed by atoms with Crippen LogP contribution in [0, 0.1) is 6.92 Å². The molecule has 0 fully saturated rings. The Bertz CT molecular complexity index is 496. The lowest BCUT2D eigenvalue weighted by atomic mass is 10.2. The zero-order valence-corrected chi connectivity index (χ0v) is 11.3. The van der Waals surface area contributed by atoms with Gasteiger partial charge >= 0.3 is 0 Å². The molecule has 0 radical (unpaired) electrons. The molecule has 16 heavy (non-hydrogen) atoms. The largest absolute Gasteiger partial charge is 0.488 e. The van der Waals surface area contributed by atoms with Crippen molar-refractivity contribution >= 4 is 33.0 Å². The third-order valence-electron chi connectivity index (χ3n) is 2.20. The Morgan fingerprint density at radius 3 is 2.75 bits per heavy atom. The van der Waals surface area contributed by atoms with Crippen LogP contribution in [0.15, 0.2) is 34.1 Å². The van der Waals surface area contributed by atoms with Crippen LogP contribution < -0.4 is 10.5 Å². The third-order valence-corrected chi connectivity index (χ3v) is 3.79. The highest BCUT2D eigenvalue weighted by Crippen LogP contribution is 2.25. The van der Waals surface area contributed by atoms with Gasteiger partial charge in [0, 0.05) is 10.6 Å². The summed E-state index contributed by atoms with van der Waals surface area (Å²) in [4.78, 5) is 1.20. The number of thiophene rings is 1. The van der Waals surface area contributed by atoms with E-state index >= 15 is 0 Å². The summed E-state index contributed by atoms with van der Waals surface area (Å²) in [5.74, 6) is 0.888. The van der Waals surface area contributed by atoms with E-state index in [1.54, 1.807) is 11.3 Å². The minimum Gasteiger partial charge on any atom is -0.488 e. The van der Waals surface area contributed by atoms with Crippen molar-refractivity contribution in [1.29, 1.82) is 0 Å². The molecule has 1 aromatic carbocycles. The van der Waals surface area contributed by atoms with E-state index in [1.165, 1.54) is 4.88 Å². The van der Waals surface area contributed by atoms with Crippen molar-refractivity contribution in [1.82, 2.24) is 0 Å². The standard InChI is InChI=1S/C12H12BrNOS/c1-8-6-9(14)2-4-11(8)15-7-10-3-5-12(13)16-10/h2-6H,7,14H2,1H3. The maximum atomic E-state index is 5.73. The second kappa shape index (κ2) is 4.89. The number of nitrogen functional groups attached to an aromatic ring is 1. The number of ether oxygens (including phenoxy) is 1. The van der Waals surface area contributed by atoms with Gasteiger partial charge in [-0.3, -0.25) is 0 Å². The topological polar surface area (TPSA) is 35.2 Å². The summed E-state index contributed by atoms with van der Waals surface area (Å²) in [5.41, 5.74) is 7.51. The molecule has 0 bridgehead atoms. The maximum Gasteiger partial charge on any atom is 0.122 e. The lowest BCUT2D eigenvalue weighted by molar-refractivity contribution is 0.307. The van der Waals surface area contributed by atoms with Gasteiger partial charge in [0.2, 0.25) is 0 Å². The van der Waals surface area contributed by atoms with Crippen LogP contribution in [0.2, 0.25) is 0 Å². The monoisotopic (exact) mass is 297 g/mol. The van der Waals surface area contributed by atoms with Gasteiger partial charge in [-0.25, -0.2) is 0 Å². The average Bonchev–Trinajstić information content (AvgIpc) is 2.63. The van der Waals surface area contributed by atoms with Crippen LogP contribution in [0.3, 0.4) is 0 Å². The number of anilines is 1. The molecule has 0 aliphatic carbocycles. The SMILES string of the molecule is Cc1cc(N)ccc1OCc1ccc(Br)s1. The zero-order chi connectivity index (χ0) is 11.5. The number of hydrogen-bond donors (Lipinski definition) is 1. The second-order valence-corrected chi connectivity index (χ2v) is 6.07. The van der Waals surface area contributed by atoms with Gasteiger partial charge in [0.1, 0.15) is 12.4 Å². The normalized spacial score (nSPS) is 10.4. The highest BCUT2D eigenvalue weighted by atomic mass is 79.9. The van der Waals surface area contributed by atoms with E-state index in [2.05, 4.69) is 22.0 Å². The fourth-order valence-electron chi connectivity index (χ4n) is 1.41. The molecule has 1 heterocycles. The van der Waals surface area contributed by atoms with Crippen LogP contribution in [0.1, 0.15) is 10.4 Å². The Kier molecular flexibility index (Phi) is 3.51. The molecule has 4 heteroatoms. The van der Waals surface area contributed by atoms with Crippen molar-refractivity contribution in [2.45, 2.75) is 13.5 Å². The molecule has 84 valence electrons. The van der Waals surface area contributed by atoms with Crippen molar-refractivity contribution in [3.05, 3.63) is 44.6 Å². The average molecular weight is 298 g/mol. The van der Waals surface area contributed by atoms with Crippen LogP contribution in [-0.2, 0) is 6.61 Å². The van der Waals surface area contributed by atoms with Crippen LogP contribution in [0.5, 0.6) is 5.75 Å². The Labute approximate surface area is 107 Å². The Balaban J connectivity index is 2.04. The Morgan fingerprint density at radius 1 is 1.31 bits per heavy atom. The van der Waals surface area contributed by atoms with Crippen molar-refractivity contribution < 1.29 is 4.74 Å². The molecule has 2 nitrogen and oxygen atoms in total. The molecular formula is C12H12BrNOS. The number of benzene rings is 1. The molecule has 0 aliphatic heterocycles. The third kappa shape index (κ3) is 2.77. The van der Waals surface area contributed by atoms with Gasteiger partial charge in [-0.1, -0.05) is 0 Å². The predicted molar refractivity (Wildman–Crippen MR) is 71.9 cm³/mol. The van der Waals surface area contributed by atoms with Crippen LogP contribution in [0.25, 0.3) is 0 Å². The lowest BCUT2D eigenvalue weighted by Crippen LogP contribution is -1.95. The Hall–Kier alpha value is -1.000. The molecule has 2 rings (SSSR count). The predicted octanol–water partition coefficient (Wildman–Crippen LogP) is 3.98. The molecule has 2 N–H and O–H groups in total. The van der Waals surface area contributed by atoms with Gasteiger partial charge in [-0.15, -0.1) is 11.3 Å². The Morgan fingerprint density at radius 2 is 2.12 bits per heavy atom. The van der Waals surface area contributed by atoms with Gasteiger partial charge in [0.15, 0.2) is 0 Å². The van der Waals surface area contributed by atoms with Crippen LogP contribution >= 0.6 is 27.3 Å². The zero-order valence-electron chi connectivity index (χ0n) is 8.87. The first-order valence-electron chi connectivity index (χ1n) is 4.88. The highest BCUT2D eigenvalue weighted by molar-refractivity contribution is 9.11. The first kappa shape index (κ1) is 11.5. The van der Waals surface area contributed by atoms with Crippen molar-refractivity contribution in [3.63, 3.8) is 0 Å². The highest BCUT2D eigenvalue weighted by Gasteiger charge is 2.02. The van der Waals surface area contributed by atoms with Crippen molar-refractivity contribution in [3.8, 4) is 5.75 Å². The minimum atomic E-state index is 0.598. The summed E-state index contributed by atoms with van der Waals surface area (Å²) >= 11 is 5.11. The van der Waals surface area contributed by atoms with E-state index in [-0.39, 0.29) is 0 Å². The lowest BCUT2D eigenvalue weighted by Gasteiger charge is -2.08. The summed E-state index contributed by atoms with van der Waals surface area (Å²) in [6, 6.07) is 9.76. The number of aryl methyl sites for hydroxylation is 1. The smallest absolute Gasteiger partial charge is 0.122 e. The molecule has 0 spiro atoms. The number of hydrogen-bond acceptors (Lipinski definition) is 3. The molecule has 0 saturated heterocycles. The summed E-state index contributed by atoms with van der Waals surface area (Å²) in [6.07, 6.45) is 0. The number of rotatable bonds is 3. The van der Waals surface area contributed by atoms with E-state index in [1.807, 2.05) is 31.2 Å². The van der Waals surface area contributed by atoms with Crippen LogP contribution in [-0.4, -0.2) is 0 Å². The first-order chi connectivity index (χ1) is 7.65. The molecular weight excluding hydrogens is 286 g/mol. The van der Waals surface area contributed by atoms with Crippen molar-refractivity contribution in [2.24, 2.45) is 0 Å². The summed E-state index contributed by atoms with van der Waals surface area (Å²) in [5, 5.41) is 0. The van der Waals surface area contributed by atoms with E-state index in [0.717, 1.165) is 20.8 Å². The molecule has 0 amide bonds. The molecule has 0 aliphatic rings. The van der Waals surface area contributed by atoms with Gasteiger partial charge in [0.25, 0.3) is 0 Å². The van der Waals surface area contributed by atoms with E-state index in [4.69, 9.17) is 10.5 Å².